The first-order valence-corrected chi connectivity index (χ1v) is 4.68. The van der Waals surface area contributed by atoms with Crippen LogP contribution in [0.1, 0.15) is 32.6 Å². The minimum Gasteiger partial charge on any atom is -0.328 e. The zero-order valence-electron chi connectivity index (χ0n) is 7.47. The number of nitrogens with two attached hydrogens (primary N) is 1. The van der Waals surface area contributed by atoms with Gasteiger partial charge >= 0.3 is 0 Å². The van der Waals surface area contributed by atoms with Crippen molar-refractivity contribution in [2.75, 3.05) is 0 Å². The zero-order chi connectivity index (χ0) is 9.14. The van der Waals surface area contributed by atoms with E-state index < -0.39 is 12.3 Å². The van der Waals surface area contributed by atoms with Crippen LogP contribution in [0.3, 0.4) is 0 Å². The largest absolute Gasteiger partial charge is 0.328 e. The molecule has 0 aromatic carbocycles. The molecule has 0 aromatic rings. The number of hydrogen-bond donors (Lipinski definition) is 1. The van der Waals surface area contributed by atoms with Gasteiger partial charge in [-0.3, -0.25) is 0 Å². The Hall–Kier alpha value is -0.180. The van der Waals surface area contributed by atoms with Gasteiger partial charge < -0.3 is 5.73 Å². The summed E-state index contributed by atoms with van der Waals surface area (Å²) in [5, 5.41) is 0. The third-order valence-corrected chi connectivity index (χ3v) is 2.94. The van der Waals surface area contributed by atoms with Gasteiger partial charge in [0.1, 0.15) is 0 Å². The van der Waals surface area contributed by atoms with Crippen molar-refractivity contribution in [3.05, 3.63) is 0 Å². The highest BCUT2D eigenvalue weighted by molar-refractivity contribution is 4.82. The Kier molecular flexibility index (Phi) is 3.44. The Bertz CT molecular complexity index is 138. The van der Waals surface area contributed by atoms with E-state index in [4.69, 9.17) is 5.73 Å². The SMILES string of the molecule is CCC1CCC(N)CC1C(F)F. The summed E-state index contributed by atoms with van der Waals surface area (Å²) < 4.78 is 25.0. The average Bonchev–Trinajstić information content (AvgIpc) is 2.04. The third-order valence-electron chi connectivity index (χ3n) is 2.94. The maximum absolute atomic E-state index is 12.5. The molecule has 0 aliphatic heterocycles. The quantitative estimate of drug-likeness (QED) is 0.688. The molecule has 72 valence electrons. The van der Waals surface area contributed by atoms with Crippen LogP contribution >= 0.6 is 0 Å². The van der Waals surface area contributed by atoms with Crippen molar-refractivity contribution < 1.29 is 8.78 Å². The summed E-state index contributed by atoms with van der Waals surface area (Å²) in [5.41, 5.74) is 5.65. The van der Waals surface area contributed by atoms with E-state index in [2.05, 4.69) is 0 Å². The van der Waals surface area contributed by atoms with Crippen LogP contribution in [0, 0.1) is 11.8 Å². The van der Waals surface area contributed by atoms with Crippen molar-refractivity contribution >= 4 is 0 Å². The molecule has 3 unspecified atom stereocenters. The van der Waals surface area contributed by atoms with E-state index in [1.54, 1.807) is 0 Å². The fourth-order valence-electron chi connectivity index (χ4n) is 2.12. The second-order valence-electron chi connectivity index (χ2n) is 3.74. The number of alkyl halides is 2. The lowest BCUT2D eigenvalue weighted by atomic mass is 9.76. The molecular formula is C9H17F2N. The van der Waals surface area contributed by atoms with E-state index >= 15 is 0 Å². The van der Waals surface area contributed by atoms with Gasteiger partial charge in [-0.25, -0.2) is 8.78 Å². The molecule has 1 aliphatic rings. The highest BCUT2D eigenvalue weighted by Crippen LogP contribution is 2.35. The lowest BCUT2D eigenvalue weighted by Gasteiger charge is -2.33. The lowest BCUT2D eigenvalue weighted by Crippen LogP contribution is -2.36. The van der Waals surface area contributed by atoms with Gasteiger partial charge in [0.15, 0.2) is 0 Å². The van der Waals surface area contributed by atoms with Gasteiger partial charge in [-0.2, -0.15) is 0 Å². The van der Waals surface area contributed by atoms with Crippen LogP contribution in [0.2, 0.25) is 0 Å². The van der Waals surface area contributed by atoms with E-state index in [-0.39, 0.29) is 12.0 Å². The van der Waals surface area contributed by atoms with E-state index in [1.807, 2.05) is 6.92 Å². The molecule has 0 aromatic heterocycles. The Balaban J connectivity index is 2.52. The van der Waals surface area contributed by atoms with Crippen LogP contribution in [0.15, 0.2) is 0 Å². The van der Waals surface area contributed by atoms with Crippen LogP contribution in [-0.4, -0.2) is 12.5 Å². The first kappa shape index (κ1) is 9.90. The summed E-state index contributed by atoms with van der Waals surface area (Å²) in [6.45, 7) is 1.98. The van der Waals surface area contributed by atoms with Crippen LogP contribution < -0.4 is 5.73 Å². The summed E-state index contributed by atoms with van der Waals surface area (Å²) in [6.07, 6.45) is 0.994. The molecule has 0 radical (unpaired) electrons. The Morgan fingerprint density at radius 2 is 2.08 bits per heavy atom. The fourth-order valence-corrected chi connectivity index (χ4v) is 2.12. The number of halogens is 2. The Morgan fingerprint density at radius 3 is 2.58 bits per heavy atom. The molecule has 3 heteroatoms. The summed E-state index contributed by atoms with van der Waals surface area (Å²) >= 11 is 0. The molecule has 1 saturated carbocycles. The van der Waals surface area contributed by atoms with Crippen LogP contribution in [0.25, 0.3) is 0 Å². The maximum Gasteiger partial charge on any atom is 0.241 e. The Labute approximate surface area is 72.3 Å². The molecule has 0 amide bonds. The van der Waals surface area contributed by atoms with Gasteiger partial charge in [0, 0.05) is 12.0 Å². The number of hydrogen-bond acceptors (Lipinski definition) is 1. The van der Waals surface area contributed by atoms with Crippen molar-refractivity contribution in [1.29, 1.82) is 0 Å². The summed E-state index contributed by atoms with van der Waals surface area (Å²) in [6, 6.07) is 0.00630. The topological polar surface area (TPSA) is 26.0 Å². The van der Waals surface area contributed by atoms with Gasteiger partial charge in [0.2, 0.25) is 6.43 Å². The monoisotopic (exact) mass is 177 g/mol. The first-order chi connectivity index (χ1) is 5.65. The molecule has 0 saturated heterocycles. The molecule has 1 aliphatic carbocycles. The van der Waals surface area contributed by atoms with E-state index in [1.165, 1.54) is 0 Å². The molecule has 1 fully saturated rings. The maximum atomic E-state index is 12.5. The van der Waals surface area contributed by atoms with Gasteiger partial charge in [-0.15, -0.1) is 0 Å². The minimum absolute atomic E-state index is 0.00630. The van der Waals surface area contributed by atoms with Crippen LogP contribution in [0.5, 0.6) is 0 Å². The molecule has 3 atom stereocenters. The molecule has 0 bridgehead atoms. The molecule has 0 heterocycles. The van der Waals surface area contributed by atoms with Gasteiger partial charge in [0.05, 0.1) is 0 Å². The zero-order valence-corrected chi connectivity index (χ0v) is 7.47. The van der Waals surface area contributed by atoms with Crippen molar-refractivity contribution in [3.63, 3.8) is 0 Å². The summed E-state index contributed by atoms with van der Waals surface area (Å²) in [5.74, 6) is -0.247. The first-order valence-electron chi connectivity index (χ1n) is 4.68. The average molecular weight is 177 g/mol. The summed E-state index contributed by atoms with van der Waals surface area (Å²) in [4.78, 5) is 0. The predicted octanol–water partition coefficient (Wildman–Crippen LogP) is 2.41. The highest BCUT2D eigenvalue weighted by atomic mass is 19.3. The lowest BCUT2D eigenvalue weighted by molar-refractivity contribution is 0.0151. The van der Waals surface area contributed by atoms with E-state index in [0.29, 0.717) is 6.42 Å². The Morgan fingerprint density at radius 1 is 1.42 bits per heavy atom. The van der Waals surface area contributed by atoms with Crippen molar-refractivity contribution in [2.45, 2.75) is 45.1 Å². The highest BCUT2D eigenvalue weighted by Gasteiger charge is 2.33. The van der Waals surface area contributed by atoms with E-state index in [0.717, 1.165) is 19.3 Å². The van der Waals surface area contributed by atoms with E-state index in [9.17, 15) is 8.78 Å². The van der Waals surface area contributed by atoms with Gasteiger partial charge in [0.25, 0.3) is 0 Å². The normalized spacial score (nSPS) is 37.2. The second-order valence-corrected chi connectivity index (χ2v) is 3.74. The van der Waals surface area contributed by atoms with Crippen LogP contribution in [0.4, 0.5) is 8.78 Å². The molecule has 1 rings (SSSR count). The second kappa shape index (κ2) is 4.17. The van der Waals surface area contributed by atoms with Crippen LogP contribution in [-0.2, 0) is 0 Å². The predicted molar refractivity (Wildman–Crippen MR) is 45.1 cm³/mol. The molecule has 0 spiro atoms. The molecular weight excluding hydrogens is 160 g/mol. The smallest absolute Gasteiger partial charge is 0.241 e. The van der Waals surface area contributed by atoms with Gasteiger partial charge in [-0.1, -0.05) is 13.3 Å². The third kappa shape index (κ3) is 2.16. The fraction of sp³-hybridized carbons (Fsp3) is 1.00. The van der Waals surface area contributed by atoms with Crippen molar-refractivity contribution in [1.82, 2.24) is 0 Å². The standard InChI is InChI=1S/C9H17F2N/c1-2-6-3-4-7(12)5-8(6)9(10)11/h6-9H,2-5,12H2,1H3. The summed E-state index contributed by atoms with van der Waals surface area (Å²) in [7, 11) is 0. The van der Waals surface area contributed by atoms with Crippen molar-refractivity contribution in [2.24, 2.45) is 17.6 Å². The molecule has 2 N–H and O–H groups in total. The minimum atomic E-state index is -2.18. The van der Waals surface area contributed by atoms with Gasteiger partial charge in [-0.05, 0) is 25.2 Å². The molecule has 12 heavy (non-hydrogen) atoms. The van der Waals surface area contributed by atoms with Crippen molar-refractivity contribution in [3.8, 4) is 0 Å². The number of rotatable bonds is 2. The molecule has 1 nitrogen and oxygen atoms in total.